The summed E-state index contributed by atoms with van der Waals surface area (Å²) in [6, 6.07) is 27.4. The number of hydrazone groups is 1. The highest BCUT2D eigenvalue weighted by Crippen LogP contribution is 2.34. The number of amides is 1. The molecular weight excluding hydrogens is 430 g/mol. The molecule has 34 heavy (non-hydrogen) atoms. The summed E-state index contributed by atoms with van der Waals surface area (Å²) >= 11 is 0. The predicted molar refractivity (Wildman–Crippen MR) is 132 cm³/mol. The van der Waals surface area contributed by atoms with Crippen LogP contribution in [0.5, 0.6) is 17.2 Å². The van der Waals surface area contributed by atoms with Gasteiger partial charge in [-0.3, -0.25) is 4.79 Å². The number of rotatable bonds is 8. The Bertz CT molecular complexity index is 1330. The van der Waals surface area contributed by atoms with Crippen molar-refractivity contribution >= 4 is 28.6 Å². The van der Waals surface area contributed by atoms with Crippen LogP contribution in [-0.4, -0.2) is 25.5 Å². The van der Waals surface area contributed by atoms with Crippen LogP contribution in [-0.2, 0) is 11.4 Å². The standard InChI is InChI=1S/C27H23N3O4/c31-27(16-28-22-10-13-25-26(14-22)34-18-33-25)30-29-15-19-8-11-23(12-9-19)32-17-21-6-3-5-20-4-1-2-7-24(20)21/h1-15,28H,16-18H2,(H,30,31)/b29-15-. The summed E-state index contributed by atoms with van der Waals surface area (Å²) < 4.78 is 16.6. The molecule has 7 heteroatoms. The minimum atomic E-state index is -0.260. The van der Waals surface area contributed by atoms with Crippen LogP contribution in [0.1, 0.15) is 11.1 Å². The molecule has 0 aromatic heterocycles. The number of nitrogens with one attached hydrogen (secondary N) is 2. The highest BCUT2D eigenvalue weighted by atomic mass is 16.7. The van der Waals surface area contributed by atoms with Gasteiger partial charge in [0.05, 0.1) is 12.8 Å². The average molecular weight is 453 g/mol. The van der Waals surface area contributed by atoms with Crippen molar-refractivity contribution in [3.05, 3.63) is 96.1 Å². The van der Waals surface area contributed by atoms with Crippen molar-refractivity contribution in [1.29, 1.82) is 0 Å². The van der Waals surface area contributed by atoms with Gasteiger partial charge in [-0.25, -0.2) is 5.43 Å². The van der Waals surface area contributed by atoms with Crippen LogP contribution in [0.15, 0.2) is 90.0 Å². The molecule has 2 N–H and O–H groups in total. The Morgan fingerprint density at radius 1 is 0.941 bits per heavy atom. The molecule has 0 fully saturated rings. The number of anilines is 1. The number of carbonyl (C=O) groups is 1. The Labute approximate surface area is 197 Å². The average Bonchev–Trinajstić information content (AvgIpc) is 3.35. The van der Waals surface area contributed by atoms with Gasteiger partial charge in [0.15, 0.2) is 11.5 Å². The number of carbonyl (C=O) groups excluding carboxylic acids is 1. The minimum Gasteiger partial charge on any atom is -0.489 e. The van der Waals surface area contributed by atoms with Crippen molar-refractivity contribution in [2.75, 3.05) is 18.7 Å². The molecule has 170 valence electrons. The summed E-state index contributed by atoms with van der Waals surface area (Å²) in [6.07, 6.45) is 1.59. The fourth-order valence-electron chi connectivity index (χ4n) is 3.64. The first-order valence-electron chi connectivity index (χ1n) is 10.9. The number of benzene rings is 4. The Balaban J connectivity index is 1.09. The van der Waals surface area contributed by atoms with Gasteiger partial charge in [0.25, 0.3) is 5.91 Å². The van der Waals surface area contributed by atoms with E-state index >= 15 is 0 Å². The van der Waals surface area contributed by atoms with Gasteiger partial charge < -0.3 is 19.5 Å². The zero-order valence-corrected chi connectivity index (χ0v) is 18.4. The maximum atomic E-state index is 12.0. The largest absolute Gasteiger partial charge is 0.489 e. The molecule has 0 aliphatic carbocycles. The second-order valence-electron chi connectivity index (χ2n) is 7.71. The van der Waals surface area contributed by atoms with E-state index in [0.717, 1.165) is 22.6 Å². The molecule has 7 nitrogen and oxygen atoms in total. The molecule has 1 heterocycles. The number of fused-ring (bicyclic) bond motifs is 2. The summed E-state index contributed by atoms with van der Waals surface area (Å²) in [6.45, 7) is 0.782. The van der Waals surface area contributed by atoms with Crippen molar-refractivity contribution in [3.63, 3.8) is 0 Å². The number of hydrogen-bond donors (Lipinski definition) is 2. The molecule has 0 bridgehead atoms. The fraction of sp³-hybridized carbons (Fsp3) is 0.111. The fourth-order valence-corrected chi connectivity index (χ4v) is 3.64. The lowest BCUT2D eigenvalue weighted by molar-refractivity contribution is -0.119. The van der Waals surface area contributed by atoms with Crippen LogP contribution >= 0.6 is 0 Å². The summed E-state index contributed by atoms with van der Waals surface area (Å²) in [5, 5.41) is 9.44. The lowest BCUT2D eigenvalue weighted by Gasteiger charge is -2.09. The van der Waals surface area contributed by atoms with Crippen LogP contribution in [0, 0.1) is 0 Å². The minimum absolute atomic E-state index is 0.0813. The van der Waals surface area contributed by atoms with Crippen LogP contribution in [0.2, 0.25) is 0 Å². The Hall–Kier alpha value is -4.52. The van der Waals surface area contributed by atoms with Gasteiger partial charge in [0, 0.05) is 11.8 Å². The predicted octanol–water partition coefficient (Wildman–Crippen LogP) is 4.71. The van der Waals surface area contributed by atoms with E-state index in [-0.39, 0.29) is 19.2 Å². The molecule has 0 radical (unpaired) electrons. The lowest BCUT2D eigenvalue weighted by atomic mass is 10.1. The van der Waals surface area contributed by atoms with E-state index in [1.807, 2.05) is 48.5 Å². The molecule has 1 aliphatic heterocycles. The summed E-state index contributed by atoms with van der Waals surface area (Å²) in [5.74, 6) is 1.86. The van der Waals surface area contributed by atoms with Gasteiger partial charge in [-0.1, -0.05) is 42.5 Å². The SMILES string of the molecule is O=C(CNc1ccc2c(c1)OCO2)N/N=C\c1ccc(OCc2cccc3ccccc23)cc1. The molecule has 0 saturated carbocycles. The molecular formula is C27H23N3O4. The van der Waals surface area contributed by atoms with E-state index in [1.165, 1.54) is 10.8 Å². The van der Waals surface area contributed by atoms with Crippen molar-refractivity contribution in [3.8, 4) is 17.2 Å². The third-order valence-electron chi connectivity index (χ3n) is 5.38. The first-order valence-corrected chi connectivity index (χ1v) is 10.9. The van der Waals surface area contributed by atoms with Crippen molar-refractivity contribution in [2.45, 2.75) is 6.61 Å². The molecule has 4 aromatic rings. The molecule has 4 aromatic carbocycles. The first kappa shape index (κ1) is 21.3. The molecule has 1 aliphatic rings. The van der Waals surface area contributed by atoms with Gasteiger partial charge in [-0.15, -0.1) is 0 Å². The van der Waals surface area contributed by atoms with Crippen LogP contribution in [0.4, 0.5) is 5.69 Å². The Morgan fingerprint density at radius 2 is 1.76 bits per heavy atom. The van der Waals surface area contributed by atoms with E-state index in [2.05, 4.69) is 40.1 Å². The monoisotopic (exact) mass is 453 g/mol. The van der Waals surface area contributed by atoms with Crippen LogP contribution < -0.4 is 25.0 Å². The van der Waals surface area contributed by atoms with Gasteiger partial charge in [-0.2, -0.15) is 5.10 Å². The van der Waals surface area contributed by atoms with Crippen molar-refractivity contribution < 1.29 is 19.0 Å². The number of ether oxygens (including phenoxy) is 3. The summed E-state index contributed by atoms with van der Waals surface area (Å²) in [4.78, 5) is 12.0. The quantitative estimate of drug-likeness (QED) is 0.298. The number of hydrogen-bond acceptors (Lipinski definition) is 6. The molecule has 5 rings (SSSR count). The van der Waals surface area contributed by atoms with E-state index in [1.54, 1.807) is 18.3 Å². The third-order valence-corrected chi connectivity index (χ3v) is 5.38. The van der Waals surface area contributed by atoms with Gasteiger partial charge >= 0.3 is 0 Å². The van der Waals surface area contributed by atoms with Crippen LogP contribution in [0.25, 0.3) is 10.8 Å². The Morgan fingerprint density at radius 3 is 2.68 bits per heavy atom. The second kappa shape index (κ2) is 9.95. The third kappa shape index (κ3) is 5.10. The van der Waals surface area contributed by atoms with E-state index < -0.39 is 0 Å². The Kier molecular flexibility index (Phi) is 6.25. The van der Waals surface area contributed by atoms with Crippen molar-refractivity contribution in [1.82, 2.24) is 5.43 Å². The highest BCUT2D eigenvalue weighted by molar-refractivity contribution is 5.86. The van der Waals surface area contributed by atoms with Gasteiger partial charge in [-0.05, 0) is 58.3 Å². The second-order valence-corrected chi connectivity index (χ2v) is 7.71. The van der Waals surface area contributed by atoms with Gasteiger partial charge in [0.1, 0.15) is 12.4 Å². The smallest absolute Gasteiger partial charge is 0.259 e. The van der Waals surface area contributed by atoms with Crippen molar-refractivity contribution in [2.24, 2.45) is 5.10 Å². The van der Waals surface area contributed by atoms with Crippen LogP contribution in [0.3, 0.4) is 0 Å². The zero-order valence-electron chi connectivity index (χ0n) is 18.4. The molecule has 0 atom stereocenters. The van der Waals surface area contributed by atoms with E-state index in [9.17, 15) is 4.79 Å². The normalized spacial score (nSPS) is 12.1. The van der Waals surface area contributed by atoms with E-state index in [0.29, 0.717) is 18.1 Å². The van der Waals surface area contributed by atoms with Gasteiger partial charge in [0.2, 0.25) is 6.79 Å². The molecule has 0 unspecified atom stereocenters. The maximum Gasteiger partial charge on any atom is 0.259 e. The zero-order chi connectivity index (χ0) is 23.2. The number of nitrogens with zero attached hydrogens (tertiary/aromatic N) is 1. The molecule has 0 saturated heterocycles. The lowest BCUT2D eigenvalue weighted by Crippen LogP contribution is -2.25. The molecule has 1 amide bonds. The maximum absolute atomic E-state index is 12.0. The topological polar surface area (TPSA) is 81.2 Å². The summed E-state index contributed by atoms with van der Waals surface area (Å²) in [7, 11) is 0. The van der Waals surface area contributed by atoms with E-state index in [4.69, 9.17) is 14.2 Å². The molecule has 0 spiro atoms. The summed E-state index contributed by atoms with van der Waals surface area (Å²) in [5.41, 5.74) is 5.27. The first-order chi connectivity index (χ1) is 16.7. The highest BCUT2D eigenvalue weighted by Gasteiger charge is 2.13.